The van der Waals surface area contributed by atoms with E-state index in [1.54, 1.807) is 37.0 Å². The fourth-order valence-electron chi connectivity index (χ4n) is 3.28. The van der Waals surface area contributed by atoms with Gasteiger partial charge in [0, 0.05) is 25.4 Å². The molecule has 0 saturated carbocycles. The first-order valence-electron chi connectivity index (χ1n) is 8.46. The molecule has 2 aromatic rings. The number of methoxy groups -OCH3 is 2. The Labute approximate surface area is 157 Å². The van der Waals surface area contributed by atoms with Crippen LogP contribution < -0.4 is 20.8 Å². The van der Waals surface area contributed by atoms with Gasteiger partial charge in [0.2, 0.25) is 5.88 Å². The highest BCUT2D eigenvalue weighted by Gasteiger charge is 2.34. The van der Waals surface area contributed by atoms with Gasteiger partial charge in [-0.3, -0.25) is 4.79 Å². The van der Waals surface area contributed by atoms with Crippen LogP contribution in [0, 0.1) is 18.3 Å². The van der Waals surface area contributed by atoms with Crippen LogP contribution in [0.3, 0.4) is 0 Å². The number of pyridine rings is 1. The molecule has 1 atom stereocenters. The van der Waals surface area contributed by atoms with E-state index in [1.165, 1.54) is 0 Å². The minimum absolute atomic E-state index is 0.0132. The van der Waals surface area contributed by atoms with Gasteiger partial charge in [-0.15, -0.1) is 0 Å². The van der Waals surface area contributed by atoms with Gasteiger partial charge in [0.15, 0.2) is 0 Å². The van der Waals surface area contributed by atoms with Crippen LogP contribution in [0.1, 0.15) is 22.7 Å². The highest BCUT2D eigenvalue weighted by atomic mass is 16.5. The molecule has 7 heteroatoms. The third-order valence-corrected chi connectivity index (χ3v) is 4.66. The zero-order valence-electron chi connectivity index (χ0n) is 15.5. The summed E-state index contributed by atoms with van der Waals surface area (Å²) in [6.07, 6.45) is 0. The molecule has 2 N–H and O–H groups in total. The van der Waals surface area contributed by atoms with Crippen molar-refractivity contribution < 1.29 is 14.2 Å². The van der Waals surface area contributed by atoms with Crippen LogP contribution in [-0.2, 0) is 11.3 Å². The van der Waals surface area contributed by atoms with E-state index >= 15 is 0 Å². The molecular weight excluding hydrogens is 346 g/mol. The predicted molar refractivity (Wildman–Crippen MR) is 99.6 cm³/mol. The smallest absolute Gasteiger partial charge is 0.258 e. The van der Waals surface area contributed by atoms with E-state index < -0.39 is 5.92 Å². The normalized spacial score (nSPS) is 15.7. The number of nitriles is 1. The third kappa shape index (κ3) is 3.27. The van der Waals surface area contributed by atoms with E-state index in [0.717, 1.165) is 11.3 Å². The summed E-state index contributed by atoms with van der Waals surface area (Å²) in [4.78, 5) is 13.2. The molecule has 0 radical (unpaired) electrons. The lowest BCUT2D eigenvalue weighted by molar-refractivity contribution is 0.185. The van der Waals surface area contributed by atoms with Crippen molar-refractivity contribution in [1.29, 1.82) is 5.26 Å². The van der Waals surface area contributed by atoms with E-state index in [-0.39, 0.29) is 17.0 Å². The van der Waals surface area contributed by atoms with Gasteiger partial charge >= 0.3 is 0 Å². The predicted octanol–water partition coefficient (Wildman–Crippen LogP) is 2.03. The zero-order chi connectivity index (χ0) is 19.6. The molecule has 0 saturated heterocycles. The maximum Gasteiger partial charge on any atom is 0.258 e. The van der Waals surface area contributed by atoms with Crippen molar-refractivity contribution in [3.05, 3.63) is 69.0 Å². The number of ether oxygens (including phenoxy) is 3. The highest BCUT2D eigenvalue weighted by Crippen LogP contribution is 2.40. The van der Waals surface area contributed by atoms with Gasteiger partial charge < -0.3 is 24.5 Å². The molecule has 2 heterocycles. The molecule has 1 aromatic carbocycles. The van der Waals surface area contributed by atoms with Crippen LogP contribution in [0.5, 0.6) is 11.5 Å². The van der Waals surface area contributed by atoms with Crippen molar-refractivity contribution in [2.45, 2.75) is 19.4 Å². The van der Waals surface area contributed by atoms with Gasteiger partial charge in [-0.05, 0) is 24.6 Å². The molecule has 0 amide bonds. The lowest BCUT2D eigenvalue weighted by Crippen LogP contribution is -2.33. The van der Waals surface area contributed by atoms with Gasteiger partial charge in [0.05, 0.1) is 25.2 Å². The van der Waals surface area contributed by atoms with Crippen LogP contribution in [-0.4, -0.2) is 25.4 Å². The minimum Gasteiger partial charge on any atom is -0.497 e. The highest BCUT2D eigenvalue weighted by molar-refractivity contribution is 5.55. The van der Waals surface area contributed by atoms with Gasteiger partial charge in [-0.1, -0.05) is 12.1 Å². The first-order chi connectivity index (χ1) is 13.0. The summed E-state index contributed by atoms with van der Waals surface area (Å²) in [6.45, 7) is 2.63. The number of rotatable bonds is 5. The Morgan fingerprint density at radius 2 is 2.00 bits per heavy atom. The molecule has 0 bridgehead atoms. The molecule has 3 rings (SSSR count). The second-order valence-electron chi connectivity index (χ2n) is 6.21. The first kappa shape index (κ1) is 18.5. The molecule has 7 nitrogen and oxygen atoms in total. The van der Waals surface area contributed by atoms with Gasteiger partial charge in [-0.2, -0.15) is 5.26 Å². The Morgan fingerprint density at radius 1 is 1.30 bits per heavy atom. The van der Waals surface area contributed by atoms with Crippen LogP contribution in [0.25, 0.3) is 0 Å². The second kappa shape index (κ2) is 7.56. The molecule has 1 aliphatic rings. The standard InChI is InChI=1S/C20H21N3O4/c1-12-10-16-18(20(24)23(12)8-9-25-2)17(15(11-21)19(22)27-16)13-4-6-14(26-3)7-5-13/h4-7,10,17H,8-9,22H2,1-3H3/t17-/m0/s1. The van der Waals surface area contributed by atoms with E-state index in [9.17, 15) is 10.1 Å². The molecule has 0 fully saturated rings. The molecule has 0 aliphatic carbocycles. The van der Waals surface area contributed by atoms with Crippen molar-refractivity contribution in [3.8, 4) is 17.6 Å². The molecule has 27 heavy (non-hydrogen) atoms. The Kier molecular flexibility index (Phi) is 5.19. The molecule has 1 aliphatic heterocycles. The largest absolute Gasteiger partial charge is 0.497 e. The molecular formula is C20H21N3O4. The number of nitrogens with zero attached hydrogens (tertiary/aromatic N) is 2. The third-order valence-electron chi connectivity index (χ3n) is 4.66. The summed E-state index contributed by atoms with van der Waals surface area (Å²) >= 11 is 0. The Morgan fingerprint density at radius 3 is 2.59 bits per heavy atom. The number of hydrogen-bond donors (Lipinski definition) is 1. The van der Waals surface area contributed by atoms with Crippen molar-refractivity contribution in [1.82, 2.24) is 4.57 Å². The van der Waals surface area contributed by atoms with Crippen LogP contribution >= 0.6 is 0 Å². The molecule has 140 valence electrons. The van der Waals surface area contributed by atoms with Crippen molar-refractivity contribution in [2.24, 2.45) is 5.73 Å². The number of fused-ring (bicyclic) bond motifs is 1. The monoisotopic (exact) mass is 367 g/mol. The Hall–Kier alpha value is -3.24. The number of nitrogens with two attached hydrogens (primary N) is 1. The van der Waals surface area contributed by atoms with Crippen LogP contribution in [0.15, 0.2) is 46.6 Å². The summed E-state index contributed by atoms with van der Waals surface area (Å²) < 4.78 is 17.5. The minimum atomic E-state index is -0.605. The lowest BCUT2D eigenvalue weighted by Gasteiger charge is -2.27. The van der Waals surface area contributed by atoms with E-state index in [1.807, 2.05) is 19.1 Å². The fourth-order valence-corrected chi connectivity index (χ4v) is 3.28. The topological polar surface area (TPSA) is 99.5 Å². The van der Waals surface area contributed by atoms with Gasteiger partial charge in [0.1, 0.15) is 23.1 Å². The molecule has 0 unspecified atom stereocenters. The quantitative estimate of drug-likeness (QED) is 0.868. The maximum absolute atomic E-state index is 13.2. The second-order valence-corrected chi connectivity index (χ2v) is 6.21. The number of benzene rings is 1. The van der Waals surface area contributed by atoms with Crippen molar-refractivity contribution >= 4 is 0 Å². The summed E-state index contributed by atoms with van der Waals surface area (Å²) in [5.74, 6) is 0.470. The Balaban J connectivity index is 2.23. The van der Waals surface area contributed by atoms with Crippen LogP contribution in [0.2, 0.25) is 0 Å². The number of hydrogen-bond acceptors (Lipinski definition) is 6. The van der Waals surface area contributed by atoms with Gasteiger partial charge in [-0.25, -0.2) is 0 Å². The fraction of sp³-hybridized carbons (Fsp3) is 0.300. The number of aromatic nitrogens is 1. The number of aryl methyl sites for hydroxylation is 1. The number of allylic oxidation sites excluding steroid dienone is 1. The maximum atomic E-state index is 13.2. The average Bonchev–Trinajstić information content (AvgIpc) is 2.67. The van der Waals surface area contributed by atoms with E-state index in [4.69, 9.17) is 19.9 Å². The van der Waals surface area contributed by atoms with Gasteiger partial charge in [0.25, 0.3) is 5.56 Å². The Bertz CT molecular complexity index is 984. The zero-order valence-corrected chi connectivity index (χ0v) is 15.5. The summed E-state index contributed by atoms with van der Waals surface area (Å²) in [6, 6.07) is 11.1. The van der Waals surface area contributed by atoms with Crippen LogP contribution in [0.4, 0.5) is 0 Å². The van der Waals surface area contributed by atoms with Crippen molar-refractivity contribution in [2.75, 3.05) is 20.8 Å². The summed E-state index contributed by atoms with van der Waals surface area (Å²) in [5.41, 5.74) is 7.88. The van der Waals surface area contributed by atoms with Crippen molar-refractivity contribution in [3.63, 3.8) is 0 Å². The average molecular weight is 367 g/mol. The van der Waals surface area contributed by atoms with E-state index in [2.05, 4.69) is 6.07 Å². The summed E-state index contributed by atoms with van der Waals surface area (Å²) in [5, 5.41) is 9.65. The SMILES string of the molecule is COCCn1c(C)cc2c(c1=O)[C@@H](c1ccc(OC)cc1)C(C#N)=C(N)O2. The molecule has 0 spiro atoms. The first-order valence-corrected chi connectivity index (χ1v) is 8.46. The summed E-state index contributed by atoms with van der Waals surface area (Å²) in [7, 11) is 3.16. The van der Waals surface area contributed by atoms with E-state index in [0.29, 0.717) is 30.2 Å². The molecule has 1 aromatic heterocycles. The lowest BCUT2D eigenvalue weighted by atomic mass is 9.84.